The number of hydrogen-bond acceptors (Lipinski definition) is 1. The van der Waals surface area contributed by atoms with Gasteiger partial charge in [0, 0.05) is 17.2 Å². The number of alkyl halides is 2. The van der Waals surface area contributed by atoms with Gasteiger partial charge in [-0.2, -0.15) is 8.78 Å². The first-order valence-corrected chi connectivity index (χ1v) is 14.3. The van der Waals surface area contributed by atoms with Crippen LogP contribution in [0.1, 0.15) is 37.3 Å². The van der Waals surface area contributed by atoms with Gasteiger partial charge in [-0.05, 0) is 89.7 Å². The van der Waals surface area contributed by atoms with E-state index in [1.165, 1.54) is 12.1 Å². The van der Waals surface area contributed by atoms with Crippen LogP contribution < -0.4 is 4.74 Å². The third-order valence-corrected chi connectivity index (χ3v) is 7.44. The molecule has 0 saturated heterocycles. The van der Waals surface area contributed by atoms with Crippen LogP contribution in [0.15, 0.2) is 84.9 Å². The van der Waals surface area contributed by atoms with Crippen molar-refractivity contribution in [2.24, 2.45) is 0 Å². The Labute approximate surface area is 258 Å². The highest BCUT2D eigenvalue weighted by molar-refractivity contribution is 5.72. The largest absolute Gasteiger partial charge is 0.429 e. The number of ether oxygens (including phenoxy) is 1. The van der Waals surface area contributed by atoms with E-state index in [2.05, 4.69) is 4.74 Å². The van der Waals surface area contributed by atoms with Crippen molar-refractivity contribution in [1.29, 1.82) is 0 Å². The van der Waals surface area contributed by atoms with Gasteiger partial charge in [-0.25, -0.2) is 30.7 Å². The molecule has 0 aliphatic carbocycles. The summed E-state index contributed by atoms with van der Waals surface area (Å²) in [6, 6.07) is 13.1. The second kappa shape index (κ2) is 13.3. The summed E-state index contributed by atoms with van der Waals surface area (Å²) >= 11 is 0. The molecule has 0 aromatic heterocycles. The van der Waals surface area contributed by atoms with Crippen LogP contribution in [0, 0.1) is 40.7 Å². The zero-order valence-corrected chi connectivity index (χ0v) is 24.2. The molecule has 5 aromatic rings. The molecule has 0 spiro atoms. The van der Waals surface area contributed by atoms with Crippen LogP contribution in [0.3, 0.4) is 0 Å². The van der Waals surface area contributed by atoms with E-state index in [-0.39, 0.29) is 22.3 Å². The van der Waals surface area contributed by atoms with E-state index in [1.807, 2.05) is 6.92 Å². The summed E-state index contributed by atoms with van der Waals surface area (Å²) in [5.41, 5.74) is -2.14. The van der Waals surface area contributed by atoms with Crippen molar-refractivity contribution in [3.05, 3.63) is 137 Å². The molecule has 0 bridgehead atoms. The average molecular weight is 645 g/mol. The van der Waals surface area contributed by atoms with Crippen molar-refractivity contribution in [3.8, 4) is 39.1 Å². The average Bonchev–Trinajstić information content (AvgIpc) is 2.98. The van der Waals surface area contributed by atoms with Crippen LogP contribution in [0.2, 0.25) is 0 Å². The summed E-state index contributed by atoms with van der Waals surface area (Å²) in [5, 5.41) is 0. The molecule has 10 heteroatoms. The van der Waals surface area contributed by atoms with Crippen molar-refractivity contribution in [1.82, 2.24) is 0 Å². The van der Waals surface area contributed by atoms with Gasteiger partial charge in [0.1, 0.15) is 34.8 Å². The summed E-state index contributed by atoms with van der Waals surface area (Å²) in [4.78, 5) is 0. The van der Waals surface area contributed by atoms with Gasteiger partial charge in [-0.15, -0.1) is 0 Å². The van der Waals surface area contributed by atoms with Gasteiger partial charge in [0.25, 0.3) is 0 Å². The van der Waals surface area contributed by atoms with Gasteiger partial charge in [0.05, 0.1) is 11.1 Å². The standard InChI is InChI=1S/C36H25F9O/c1-2-3-4-5-20-6-10-26(29(38)14-20)23-17-33(42)35(34(43)18-23)22-7-12-27(31(40)16-22)36(44,45)46-24-9-11-25(30(39)19-24)21-8-13-28(37)32(41)15-21/h6-19H,2-5H2,1H3. The lowest BCUT2D eigenvalue weighted by Gasteiger charge is -2.20. The van der Waals surface area contributed by atoms with Crippen molar-refractivity contribution >= 4 is 0 Å². The number of hydrogen-bond donors (Lipinski definition) is 0. The van der Waals surface area contributed by atoms with Crippen molar-refractivity contribution in [3.63, 3.8) is 0 Å². The van der Waals surface area contributed by atoms with Crippen LogP contribution in [-0.4, -0.2) is 0 Å². The molecular formula is C36H25F9O. The molecule has 0 N–H and O–H groups in total. The predicted octanol–water partition coefficient (Wildman–Crippen LogP) is 11.5. The molecular weight excluding hydrogens is 619 g/mol. The van der Waals surface area contributed by atoms with Gasteiger partial charge in [0.15, 0.2) is 11.6 Å². The Hall–Kier alpha value is -4.73. The summed E-state index contributed by atoms with van der Waals surface area (Å²) in [6.07, 6.45) is -0.864. The molecule has 0 unspecified atom stereocenters. The van der Waals surface area contributed by atoms with Crippen LogP contribution in [0.5, 0.6) is 5.75 Å². The minimum atomic E-state index is -4.36. The van der Waals surface area contributed by atoms with Gasteiger partial charge in [-0.3, -0.25) is 0 Å². The van der Waals surface area contributed by atoms with E-state index in [9.17, 15) is 30.7 Å². The maximum absolute atomic E-state index is 15.2. The monoisotopic (exact) mass is 644 g/mol. The Morgan fingerprint density at radius 3 is 1.76 bits per heavy atom. The molecule has 0 saturated carbocycles. The minimum Gasteiger partial charge on any atom is -0.429 e. The van der Waals surface area contributed by atoms with Crippen LogP contribution in [0.4, 0.5) is 39.5 Å². The molecule has 0 aliphatic rings. The van der Waals surface area contributed by atoms with E-state index < -0.39 is 69.3 Å². The van der Waals surface area contributed by atoms with Gasteiger partial charge in [-0.1, -0.05) is 44.0 Å². The third kappa shape index (κ3) is 6.90. The molecule has 238 valence electrons. The first kappa shape index (κ1) is 32.7. The number of benzene rings is 5. The highest BCUT2D eigenvalue weighted by atomic mass is 19.3. The minimum absolute atomic E-state index is 0.0452. The van der Waals surface area contributed by atoms with E-state index in [0.717, 1.165) is 73.4 Å². The van der Waals surface area contributed by atoms with Gasteiger partial charge < -0.3 is 4.74 Å². The molecule has 0 fully saturated rings. The quantitative estimate of drug-likeness (QED) is 0.109. The van der Waals surface area contributed by atoms with E-state index in [1.54, 1.807) is 6.07 Å². The second-order valence-electron chi connectivity index (χ2n) is 10.7. The Balaban J connectivity index is 1.37. The van der Waals surface area contributed by atoms with Crippen molar-refractivity contribution < 1.29 is 44.3 Å². The van der Waals surface area contributed by atoms with Crippen LogP contribution >= 0.6 is 0 Å². The summed E-state index contributed by atoms with van der Waals surface area (Å²) in [6.45, 7) is 2.04. The summed E-state index contributed by atoms with van der Waals surface area (Å²) in [7, 11) is 0. The molecule has 0 radical (unpaired) electrons. The van der Waals surface area contributed by atoms with Gasteiger partial charge >= 0.3 is 6.11 Å². The highest BCUT2D eigenvalue weighted by Gasteiger charge is 2.38. The molecule has 5 aromatic carbocycles. The van der Waals surface area contributed by atoms with Crippen LogP contribution in [-0.2, 0) is 12.5 Å². The van der Waals surface area contributed by atoms with Crippen molar-refractivity contribution in [2.45, 2.75) is 38.7 Å². The van der Waals surface area contributed by atoms with E-state index >= 15 is 8.78 Å². The molecule has 0 amide bonds. The predicted molar refractivity (Wildman–Crippen MR) is 157 cm³/mol. The molecule has 46 heavy (non-hydrogen) atoms. The molecule has 0 heterocycles. The van der Waals surface area contributed by atoms with Gasteiger partial charge in [0.2, 0.25) is 0 Å². The lowest BCUT2D eigenvalue weighted by Crippen LogP contribution is -2.23. The molecule has 5 rings (SSSR count). The maximum atomic E-state index is 15.2. The third-order valence-electron chi connectivity index (χ3n) is 7.44. The fourth-order valence-corrected chi connectivity index (χ4v) is 5.10. The van der Waals surface area contributed by atoms with E-state index in [4.69, 9.17) is 0 Å². The van der Waals surface area contributed by atoms with E-state index in [0.29, 0.717) is 24.6 Å². The Bertz CT molecular complexity index is 1880. The molecule has 1 nitrogen and oxygen atoms in total. The molecule has 0 atom stereocenters. The highest BCUT2D eigenvalue weighted by Crippen LogP contribution is 2.38. The lowest BCUT2D eigenvalue weighted by molar-refractivity contribution is -0.187. The first-order chi connectivity index (χ1) is 21.9. The van der Waals surface area contributed by atoms with Crippen LogP contribution in [0.25, 0.3) is 33.4 Å². The SMILES string of the molecule is CCCCCc1ccc(-c2cc(F)c(-c3ccc(C(F)(F)Oc4ccc(-c5ccc(F)c(F)c5)c(F)c4)c(F)c3)c(F)c2)c(F)c1. The fraction of sp³-hybridized carbons (Fsp3) is 0.167. The number of rotatable bonds is 10. The lowest BCUT2D eigenvalue weighted by atomic mass is 9.96. The first-order valence-electron chi connectivity index (χ1n) is 14.3. The molecule has 0 aliphatic heterocycles. The Kier molecular flexibility index (Phi) is 9.46. The fourth-order valence-electron chi connectivity index (χ4n) is 5.10. The summed E-state index contributed by atoms with van der Waals surface area (Å²) < 4.78 is 136. The maximum Gasteiger partial charge on any atom is 0.429 e. The number of halogens is 9. The Morgan fingerprint density at radius 1 is 0.522 bits per heavy atom. The van der Waals surface area contributed by atoms with Crippen molar-refractivity contribution in [2.75, 3.05) is 0 Å². The number of unbranched alkanes of at least 4 members (excludes halogenated alkanes) is 2. The summed E-state index contributed by atoms with van der Waals surface area (Å²) in [5.74, 6) is -8.81. The topological polar surface area (TPSA) is 9.23 Å². The normalized spacial score (nSPS) is 11.6. The smallest absolute Gasteiger partial charge is 0.429 e. The Morgan fingerprint density at radius 2 is 1.13 bits per heavy atom. The second-order valence-corrected chi connectivity index (χ2v) is 10.7. The zero-order valence-electron chi connectivity index (χ0n) is 24.2. The number of aryl methyl sites for hydroxylation is 1. The zero-order chi connectivity index (χ0) is 33.2.